The lowest BCUT2D eigenvalue weighted by atomic mass is 9.96. The van der Waals surface area contributed by atoms with Crippen LogP contribution in [-0.4, -0.2) is 361 Å². The number of carboxylic acid groups (broad SMARTS) is 2. The van der Waals surface area contributed by atoms with Gasteiger partial charge >= 0.3 is 11.9 Å². The molecule has 0 aliphatic heterocycles. The molecule has 142 heavy (non-hydrogen) atoms. The number of aliphatic hydroxyl groups excluding tert-OH is 6. The van der Waals surface area contributed by atoms with Gasteiger partial charge in [-0.15, -0.1) is 0 Å². The number of carbonyl (C=O) groups is 24. The van der Waals surface area contributed by atoms with E-state index in [1.807, 2.05) is 10.6 Å². The minimum absolute atomic E-state index is 0.115. The van der Waals surface area contributed by atoms with Crippen molar-refractivity contribution >= 4 is 154 Å². The Balaban J connectivity index is 6.65. The number of carbonyl (C=O) groups excluding carboxylic acids is 22. The van der Waals surface area contributed by atoms with Crippen molar-refractivity contribution in [1.29, 1.82) is 0 Å². The van der Waals surface area contributed by atoms with E-state index in [0.29, 0.717) is 25.8 Å². The predicted molar refractivity (Wildman–Crippen MR) is 503 cm³/mol. The summed E-state index contributed by atoms with van der Waals surface area (Å²) >= 11 is 1.19. The molecule has 37 N–H and O–H groups in total. The molecule has 806 valence electrons. The number of thioether (sulfide) groups is 1. The quantitative estimate of drug-likeness (QED) is 0.0251. The second kappa shape index (κ2) is 66.1. The molecular formula is C85H148N24O32S. The fraction of sp³-hybridized carbons (Fsp3) is 0.718. The molecular weight excluding hydrogens is 1900 g/mol. The van der Waals surface area contributed by atoms with Crippen LogP contribution in [0.15, 0.2) is 0 Å². The van der Waals surface area contributed by atoms with Gasteiger partial charge in [-0.05, 0) is 121 Å². The van der Waals surface area contributed by atoms with E-state index in [-0.39, 0.29) is 37.9 Å². The third-order valence-corrected chi connectivity index (χ3v) is 22.4. The van der Waals surface area contributed by atoms with Crippen LogP contribution in [-0.2, 0) is 115 Å². The SMILES string of the molecule is CC[C@H](C)[C@H](NC(=O)[C@H](CCSC)NC(=O)[C@@H](NC(=O)[C@H](C)NC(=O)CNC(=O)[C@H](CC(C)C)NC(=O)[C@H](CC(=O)O)NC(=O)[C@@H](NC(=O)[C@H](CO)NC(=O)[C@H](CO)NC(=O)[C@@H](N)CC(=O)O)C(C)C)[C@@H](C)O)C(=O)N[C@H](C(=O)N[C@@H](CO)C(=O)N[C@@H](CC(N)=O)C(=O)N[C@@H](CCC(N)=O)C(=O)N[C@@H](CC(C)C)C(=O)NCC(=O)N[C@H](C(=O)N[C@H](C(=O)N[C@@H](CCCCN)C(N)=O)[C@@H](C)CC)[C@@H](C)O)[C@@H](C)O. The first-order valence-electron chi connectivity index (χ1n) is 46.0. The third kappa shape index (κ3) is 48.2. The van der Waals surface area contributed by atoms with Gasteiger partial charge in [-0.2, -0.15) is 11.8 Å². The molecule has 23 atom stereocenters. The number of rotatable bonds is 70. The number of carboxylic acids is 2. The van der Waals surface area contributed by atoms with Gasteiger partial charge < -0.3 is 171 Å². The second-order valence-corrected chi connectivity index (χ2v) is 36.3. The number of amides is 22. The molecule has 0 fully saturated rings. The van der Waals surface area contributed by atoms with Crippen molar-refractivity contribution in [3.8, 4) is 0 Å². The summed E-state index contributed by atoms with van der Waals surface area (Å²) in [6.07, 6.45) is -6.89. The van der Waals surface area contributed by atoms with Crippen LogP contribution in [0.4, 0.5) is 0 Å². The van der Waals surface area contributed by atoms with Gasteiger partial charge in [0.1, 0.15) is 103 Å². The van der Waals surface area contributed by atoms with E-state index >= 15 is 0 Å². The fourth-order valence-corrected chi connectivity index (χ4v) is 13.6. The monoisotopic (exact) mass is 2050 g/mol. The van der Waals surface area contributed by atoms with Gasteiger partial charge in [0.2, 0.25) is 130 Å². The number of unbranched alkanes of at least 4 members (excludes halogenated alkanes) is 1. The second-order valence-electron chi connectivity index (χ2n) is 35.3. The Morgan fingerprint density at radius 2 is 0.634 bits per heavy atom. The summed E-state index contributed by atoms with van der Waals surface area (Å²) < 4.78 is 0. The molecule has 0 saturated heterocycles. The van der Waals surface area contributed by atoms with Crippen LogP contribution in [0, 0.1) is 29.6 Å². The molecule has 0 aliphatic carbocycles. The van der Waals surface area contributed by atoms with Crippen molar-refractivity contribution < 1.29 is 156 Å². The molecule has 0 rings (SSSR count). The molecule has 22 amide bonds. The van der Waals surface area contributed by atoms with Gasteiger partial charge in [0.25, 0.3) is 0 Å². The first-order valence-corrected chi connectivity index (χ1v) is 47.4. The van der Waals surface area contributed by atoms with Gasteiger partial charge in [-0.3, -0.25) is 115 Å². The molecule has 0 aromatic carbocycles. The van der Waals surface area contributed by atoms with E-state index in [9.17, 15) is 151 Å². The Hall–Kier alpha value is -12.7. The van der Waals surface area contributed by atoms with Crippen molar-refractivity contribution in [3.05, 3.63) is 0 Å². The molecule has 0 radical (unpaired) electrons. The lowest BCUT2D eigenvalue weighted by Crippen LogP contribution is -2.63. The number of aliphatic hydroxyl groups is 6. The van der Waals surface area contributed by atoms with Gasteiger partial charge in [0.15, 0.2) is 0 Å². The number of nitrogens with two attached hydrogens (primary N) is 5. The van der Waals surface area contributed by atoms with Crippen LogP contribution in [0.3, 0.4) is 0 Å². The van der Waals surface area contributed by atoms with E-state index in [1.54, 1.807) is 54.7 Å². The summed E-state index contributed by atoms with van der Waals surface area (Å²) in [6, 6.07) is -31.1. The highest BCUT2D eigenvalue weighted by Gasteiger charge is 2.43. The van der Waals surface area contributed by atoms with Crippen LogP contribution >= 0.6 is 11.8 Å². The van der Waals surface area contributed by atoms with E-state index in [1.165, 1.54) is 32.5 Å². The molecule has 0 bridgehead atoms. The summed E-state index contributed by atoms with van der Waals surface area (Å²) in [6.45, 7) is 15.0. The number of nitrogens with one attached hydrogen (secondary N) is 19. The van der Waals surface area contributed by atoms with Crippen LogP contribution in [0.2, 0.25) is 0 Å². The van der Waals surface area contributed by atoms with Crippen molar-refractivity contribution in [1.82, 2.24) is 101 Å². The normalized spacial score (nSPS) is 16.1. The van der Waals surface area contributed by atoms with E-state index in [4.69, 9.17) is 33.8 Å². The summed E-state index contributed by atoms with van der Waals surface area (Å²) in [7, 11) is 0. The van der Waals surface area contributed by atoms with Crippen LogP contribution < -0.4 is 130 Å². The zero-order valence-electron chi connectivity index (χ0n) is 82.3. The number of hydrogen-bond donors (Lipinski definition) is 32. The van der Waals surface area contributed by atoms with Crippen molar-refractivity contribution in [2.45, 2.75) is 307 Å². The molecule has 0 spiro atoms. The van der Waals surface area contributed by atoms with Gasteiger partial charge in [-0.25, -0.2) is 0 Å². The molecule has 0 saturated carbocycles. The lowest BCUT2D eigenvalue weighted by molar-refractivity contribution is -0.142. The zero-order valence-corrected chi connectivity index (χ0v) is 83.1. The number of aliphatic carboxylic acids is 2. The average molecular weight is 2050 g/mol. The number of primary amides is 3. The maximum atomic E-state index is 14.4. The molecule has 56 nitrogen and oxygen atoms in total. The predicted octanol–water partition coefficient (Wildman–Crippen LogP) is -13.8. The topological polar surface area (TPSA) is 930 Å². The maximum absolute atomic E-state index is 14.4. The fourth-order valence-electron chi connectivity index (χ4n) is 13.2. The van der Waals surface area contributed by atoms with Gasteiger partial charge in [-0.1, -0.05) is 82.1 Å². The van der Waals surface area contributed by atoms with Crippen molar-refractivity contribution in [2.75, 3.05) is 51.5 Å². The maximum Gasteiger partial charge on any atom is 0.305 e. The Bertz CT molecular complexity index is 4300. The Morgan fingerprint density at radius 3 is 1.04 bits per heavy atom. The smallest absolute Gasteiger partial charge is 0.305 e. The van der Waals surface area contributed by atoms with Crippen molar-refractivity contribution in [3.63, 3.8) is 0 Å². The van der Waals surface area contributed by atoms with E-state index in [2.05, 4.69) is 90.4 Å². The minimum Gasteiger partial charge on any atom is -0.481 e. The zero-order chi connectivity index (χ0) is 109. The summed E-state index contributed by atoms with van der Waals surface area (Å²) in [4.78, 5) is 321. The molecule has 57 heteroatoms. The highest BCUT2D eigenvalue weighted by atomic mass is 32.2. The molecule has 0 aromatic heterocycles. The molecule has 0 unspecified atom stereocenters. The highest BCUT2D eigenvalue weighted by Crippen LogP contribution is 2.17. The van der Waals surface area contributed by atoms with Crippen LogP contribution in [0.25, 0.3) is 0 Å². The summed E-state index contributed by atoms with van der Waals surface area (Å²) in [5.74, 6) is -31.4. The lowest BCUT2D eigenvalue weighted by Gasteiger charge is -2.30. The Kier molecular flexibility index (Phi) is 60.2. The Labute approximate surface area is 824 Å². The molecule has 0 aliphatic rings. The third-order valence-electron chi connectivity index (χ3n) is 21.7. The van der Waals surface area contributed by atoms with Gasteiger partial charge in [0.05, 0.1) is 76.5 Å². The van der Waals surface area contributed by atoms with E-state index in [0.717, 1.165) is 27.7 Å². The standard InChI is InChI=1S/C85H148N24O32S/c1-16-39(9)63(81(137)94-46(68(90)124)20-18-19-24-86)107-85(141)65(42(12)113)104-59(119)32-92-71(127)49(26-36(3)4)97-73(129)47(21-22-56(88)116)95-75(131)51(29-57(89)117)99-77(133)54(34-111)103-84(140)67(44(14)115)109-82(138)64(40(10)17-2)106-74(130)48(23-25-142-15)96-83(139)66(43(13)114)108-69(125)41(11)93-58(118)31-91-72(128)50(27-37(5)6)98-76(132)52(30-61(122)123)100-80(136)62(38(7)8)105-79(135)55(35-112)102-78(134)53(33-110)101-70(126)45(87)28-60(120)121/h36-55,62-67,110-115H,16-35,86-87H2,1-15H3,(H2,88,116)(H2,89,117)(H2,90,124)(H,91,128)(H,92,127)(H,93,118)(H,94,137)(H,95,131)(H,96,139)(H,97,129)(H,98,132)(H,99,133)(H,100,136)(H,101,126)(H,102,134)(H,103,140)(H,104,119)(H,105,135)(H,106,130)(H,107,141)(H,108,125)(H,109,138)(H,120,121)(H,122,123)/t39-,40-,41-,42+,43+,44+,45-,46-,47-,48-,49-,50-,51-,52-,53-,54-,55-,62-,63-,64-,65-,66-,67-/m0/s1. The van der Waals surface area contributed by atoms with E-state index < -0.39 is 364 Å². The van der Waals surface area contributed by atoms with Crippen molar-refractivity contribution in [2.24, 2.45) is 58.3 Å². The summed E-state index contributed by atoms with van der Waals surface area (Å²) in [5.41, 5.74) is 27.5. The number of hydrogen-bond acceptors (Lipinski definition) is 33. The first-order chi connectivity index (χ1) is 66.2. The largest absolute Gasteiger partial charge is 0.481 e. The Morgan fingerprint density at radius 1 is 0.317 bits per heavy atom. The van der Waals surface area contributed by atoms with Crippen LogP contribution in [0.5, 0.6) is 0 Å². The van der Waals surface area contributed by atoms with Crippen LogP contribution in [0.1, 0.15) is 180 Å². The summed E-state index contributed by atoms with van der Waals surface area (Å²) in [5, 5.41) is 125. The molecule has 0 heterocycles. The minimum atomic E-state index is -2.12. The molecule has 0 aromatic rings. The first kappa shape index (κ1) is 129. The average Bonchev–Trinajstić information content (AvgIpc) is 0.839. The van der Waals surface area contributed by atoms with Gasteiger partial charge in [0, 0.05) is 6.42 Å². The highest BCUT2D eigenvalue weighted by molar-refractivity contribution is 7.98.